The Bertz CT molecular complexity index is 1000. The minimum Gasteiger partial charge on any atom is -0.292 e. The van der Waals surface area contributed by atoms with E-state index in [2.05, 4.69) is 5.10 Å². The topological polar surface area (TPSA) is 94.3 Å². The van der Waals surface area contributed by atoms with Crippen molar-refractivity contribution in [2.75, 3.05) is 19.3 Å². The van der Waals surface area contributed by atoms with Crippen LogP contribution in [0, 0.1) is 0 Å². The molecule has 146 valence electrons. The van der Waals surface area contributed by atoms with Crippen molar-refractivity contribution < 1.29 is 13.2 Å². The first-order valence-electron chi connectivity index (χ1n) is 8.54. The maximum absolute atomic E-state index is 12.5. The third-order valence-electron chi connectivity index (χ3n) is 4.82. The fourth-order valence-electron chi connectivity index (χ4n) is 3.27. The zero-order valence-corrected chi connectivity index (χ0v) is 16.7. The number of hydrogen-bond donors (Lipinski definition) is 0. The molecule has 0 bridgehead atoms. The second kappa shape index (κ2) is 7.57. The summed E-state index contributed by atoms with van der Waals surface area (Å²) in [6.45, 7) is 0.638. The molecule has 0 saturated carbocycles. The van der Waals surface area contributed by atoms with Gasteiger partial charge in [-0.2, -0.15) is 5.10 Å². The number of ketones is 1. The minimum absolute atomic E-state index is 0.0208. The largest absolute Gasteiger partial charge is 0.346 e. The lowest BCUT2D eigenvalue weighted by molar-refractivity contribution is 0.0966. The van der Waals surface area contributed by atoms with Gasteiger partial charge in [-0.25, -0.2) is 22.2 Å². The summed E-state index contributed by atoms with van der Waals surface area (Å²) >= 11 is 5.83. The van der Waals surface area contributed by atoms with Gasteiger partial charge in [0.1, 0.15) is 12.4 Å². The number of hydrogen-bond acceptors (Lipinski definition) is 5. The standard InChI is InChI=1S/C17H21ClN4O4S/c1-20-16(13-7-9-21(10-8-13)27(2,25)26)19-22(17(20)24)11-15(23)12-3-5-14(18)6-4-12/h3-6,13H,7-11H2,1-2H3. The van der Waals surface area contributed by atoms with E-state index in [-0.39, 0.29) is 23.9 Å². The van der Waals surface area contributed by atoms with Gasteiger partial charge in [0.15, 0.2) is 5.78 Å². The molecule has 1 fully saturated rings. The molecule has 8 nitrogen and oxygen atoms in total. The molecule has 10 heteroatoms. The first kappa shape index (κ1) is 19.8. The average molecular weight is 413 g/mol. The molecule has 1 aromatic carbocycles. The van der Waals surface area contributed by atoms with Crippen LogP contribution in [0.2, 0.25) is 5.02 Å². The van der Waals surface area contributed by atoms with Gasteiger partial charge in [-0.1, -0.05) is 11.6 Å². The van der Waals surface area contributed by atoms with Gasteiger partial charge in [-0.3, -0.25) is 9.36 Å². The van der Waals surface area contributed by atoms with E-state index in [1.165, 1.54) is 15.1 Å². The molecule has 0 radical (unpaired) electrons. The molecule has 1 aliphatic rings. The maximum Gasteiger partial charge on any atom is 0.346 e. The van der Waals surface area contributed by atoms with Gasteiger partial charge in [-0.15, -0.1) is 0 Å². The highest BCUT2D eigenvalue weighted by atomic mass is 35.5. The van der Waals surface area contributed by atoms with E-state index in [0.29, 0.717) is 42.3 Å². The Morgan fingerprint density at radius 3 is 2.37 bits per heavy atom. The summed E-state index contributed by atoms with van der Waals surface area (Å²) in [7, 11) is -1.59. The number of Topliss-reactive ketones (excluding diaryl/α,β-unsaturated/α-hetero) is 1. The number of halogens is 1. The highest BCUT2D eigenvalue weighted by Gasteiger charge is 2.29. The molecule has 1 saturated heterocycles. The molecule has 0 unspecified atom stereocenters. The molecule has 0 amide bonds. The predicted octanol–water partition coefficient (Wildman–Crippen LogP) is 1.26. The number of aromatic nitrogens is 3. The Balaban J connectivity index is 1.76. The molecule has 2 heterocycles. The molecule has 2 aromatic rings. The fraction of sp³-hybridized carbons (Fsp3) is 0.471. The van der Waals surface area contributed by atoms with Crippen LogP contribution < -0.4 is 5.69 Å². The van der Waals surface area contributed by atoms with Crippen LogP contribution in [0.4, 0.5) is 0 Å². The monoisotopic (exact) mass is 412 g/mol. The Morgan fingerprint density at radius 2 is 1.81 bits per heavy atom. The van der Waals surface area contributed by atoms with Crippen LogP contribution >= 0.6 is 11.6 Å². The van der Waals surface area contributed by atoms with Crippen molar-refractivity contribution in [2.45, 2.75) is 25.3 Å². The molecular formula is C17H21ClN4O4S. The van der Waals surface area contributed by atoms with Crippen LogP contribution in [0.3, 0.4) is 0 Å². The van der Waals surface area contributed by atoms with E-state index in [1.807, 2.05) is 0 Å². The van der Waals surface area contributed by atoms with Gasteiger partial charge >= 0.3 is 5.69 Å². The maximum atomic E-state index is 12.5. The van der Waals surface area contributed by atoms with Crippen LogP contribution in [0.25, 0.3) is 0 Å². The van der Waals surface area contributed by atoms with Crippen molar-refractivity contribution in [2.24, 2.45) is 7.05 Å². The van der Waals surface area contributed by atoms with E-state index >= 15 is 0 Å². The predicted molar refractivity (Wildman–Crippen MR) is 102 cm³/mol. The summed E-state index contributed by atoms with van der Waals surface area (Å²) in [5.41, 5.74) is 0.0952. The normalized spacial score (nSPS) is 16.6. The Hall–Kier alpha value is -1.97. The summed E-state index contributed by atoms with van der Waals surface area (Å²) in [6.07, 6.45) is 2.37. The SMILES string of the molecule is Cn1c(C2CCN(S(C)(=O)=O)CC2)nn(CC(=O)c2ccc(Cl)cc2)c1=O. The molecule has 1 aromatic heterocycles. The third kappa shape index (κ3) is 4.31. The van der Waals surface area contributed by atoms with Crippen molar-refractivity contribution in [1.29, 1.82) is 0 Å². The first-order valence-corrected chi connectivity index (χ1v) is 10.8. The van der Waals surface area contributed by atoms with Gasteiger partial charge in [0.25, 0.3) is 0 Å². The summed E-state index contributed by atoms with van der Waals surface area (Å²) in [5, 5.41) is 4.89. The van der Waals surface area contributed by atoms with Gasteiger partial charge in [0.2, 0.25) is 10.0 Å². The number of carbonyl (C=O) groups excluding carboxylic acids is 1. The van der Waals surface area contributed by atoms with E-state index in [1.54, 1.807) is 31.3 Å². The lowest BCUT2D eigenvalue weighted by Crippen LogP contribution is -2.37. The Morgan fingerprint density at radius 1 is 1.22 bits per heavy atom. The number of sulfonamides is 1. The van der Waals surface area contributed by atoms with Crippen LogP contribution in [0.5, 0.6) is 0 Å². The van der Waals surface area contributed by atoms with Crippen molar-refractivity contribution in [3.05, 3.63) is 51.2 Å². The second-order valence-corrected chi connectivity index (χ2v) is 9.14. The molecule has 0 N–H and O–H groups in total. The van der Waals surface area contributed by atoms with Crippen LogP contribution in [-0.4, -0.2) is 52.2 Å². The number of piperidine rings is 1. The van der Waals surface area contributed by atoms with Crippen molar-refractivity contribution in [1.82, 2.24) is 18.7 Å². The molecule has 1 aliphatic heterocycles. The average Bonchev–Trinajstić information content (AvgIpc) is 2.90. The Labute approximate surface area is 162 Å². The van der Waals surface area contributed by atoms with E-state index < -0.39 is 10.0 Å². The summed E-state index contributed by atoms with van der Waals surface area (Å²) in [5.74, 6) is 0.329. The number of carbonyl (C=O) groups is 1. The Kier molecular flexibility index (Phi) is 5.55. The summed E-state index contributed by atoms with van der Waals surface area (Å²) < 4.78 is 27.3. The quantitative estimate of drug-likeness (QED) is 0.689. The molecule has 0 spiro atoms. The fourth-order valence-corrected chi connectivity index (χ4v) is 4.27. The molecule has 0 atom stereocenters. The van der Waals surface area contributed by atoms with Gasteiger partial charge in [0, 0.05) is 36.6 Å². The van der Waals surface area contributed by atoms with Gasteiger partial charge in [0.05, 0.1) is 6.26 Å². The van der Waals surface area contributed by atoms with E-state index in [4.69, 9.17) is 11.6 Å². The molecule has 27 heavy (non-hydrogen) atoms. The van der Waals surface area contributed by atoms with Crippen LogP contribution in [-0.2, 0) is 23.6 Å². The van der Waals surface area contributed by atoms with Gasteiger partial charge in [-0.05, 0) is 37.1 Å². The van der Waals surface area contributed by atoms with Crippen LogP contribution in [0.15, 0.2) is 29.1 Å². The first-order chi connectivity index (χ1) is 12.7. The number of rotatable bonds is 5. The smallest absolute Gasteiger partial charge is 0.292 e. The summed E-state index contributed by atoms with van der Waals surface area (Å²) in [4.78, 5) is 24.9. The van der Waals surface area contributed by atoms with Crippen molar-refractivity contribution >= 4 is 27.4 Å². The minimum atomic E-state index is -3.21. The van der Waals surface area contributed by atoms with Crippen LogP contribution in [0.1, 0.15) is 34.9 Å². The third-order valence-corrected chi connectivity index (χ3v) is 6.38. The lowest BCUT2D eigenvalue weighted by Gasteiger charge is -2.29. The number of benzene rings is 1. The molecule has 3 rings (SSSR count). The zero-order valence-electron chi connectivity index (χ0n) is 15.1. The second-order valence-electron chi connectivity index (χ2n) is 6.72. The number of nitrogens with zero attached hydrogens (tertiary/aromatic N) is 4. The van der Waals surface area contributed by atoms with Crippen molar-refractivity contribution in [3.8, 4) is 0 Å². The van der Waals surface area contributed by atoms with E-state index in [0.717, 1.165) is 4.68 Å². The zero-order chi connectivity index (χ0) is 19.8. The van der Waals surface area contributed by atoms with E-state index in [9.17, 15) is 18.0 Å². The van der Waals surface area contributed by atoms with Gasteiger partial charge < -0.3 is 0 Å². The molecular weight excluding hydrogens is 392 g/mol. The lowest BCUT2D eigenvalue weighted by atomic mass is 9.97. The highest BCUT2D eigenvalue weighted by Crippen LogP contribution is 2.26. The molecule has 0 aliphatic carbocycles. The van der Waals surface area contributed by atoms with Crippen molar-refractivity contribution in [3.63, 3.8) is 0 Å². The highest BCUT2D eigenvalue weighted by molar-refractivity contribution is 7.88. The summed E-state index contributed by atoms with van der Waals surface area (Å²) in [6, 6.07) is 6.47.